The lowest BCUT2D eigenvalue weighted by Crippen LogP contribution is -2.30. The predicted octanol–water partition coefficient (Wildman–Crippen LogP) is 2.87. The van der Waals surface area contributed by atoms with Crippen LogP contribution in [-0.4, -0.2) is 26.1 Å². The maximum atomic E-state index is 12.0. The van der Waals surface area contributed by atoms with Gasteiger partial charge in [-0.05, 0) is 37.5 Å². The van der Waals surface area contributed by atoms with Crippen molar-refractivity contribution in [2.24, 2.45) is 0 Å². The summed E-state index contributed by atoms with van der Waals surface area (Å²) in [5.74, 6) is 0.831. The highest BCUT2D eigenvalue weighted by molar-refractivity contribution is 5.27. The highest BCUT2D eigenvalue weighted by Crippen LogP contribution is 2.13. The van der Waals surface area contributed by atoms with Gasteiger partial charge in [0.25, 0.3) is 6.43 Å². The first kappa shape index (κ1) is 13.9. The molecular formula is C13H19F2NO. The van der Waals surface area contributed by atoms with Gasteiger partial charge in [-0.25, -0.2) is 8.78 Å². The van der Waals surface area contributed by atoms with E-state index < -0.39 is 6.43 Å². The standard InChI is InChI=1S/C13H19F2NO/c1-10(16-9-13(14)15)3-4-11-5-7-12(17-2)8-6-11/h5-8,10,13,16H,3-4,9H2,1-2H3. The van der Waals surface area contributed by atoms with Gasteiger partial charge in [-0.15, -0.1) is 0 Å². The molecule has 0 saturated carbocycles. The summed E-state index contributed by atoms with van der Waals surface area (Å²) in [5.41, 5.74) is 1.19. The lowest BCUT2D eigenvalue weighted by atomic mass is 10.1. The zero-order valence-electron chi connectivity index (χ0n) is 10.2. The summed E-state index contributed by atoms with van der Waals surface area (Å²) in [7, 11) is 1.63. The SMILES string of the molecule is COc1ccc(CCC(C)NCC(F)F)cc1. The van der Waals surface area contributed by atoms with Crippen molar-refractivity contribution < 1.29 is 13.5 Å². The number of rotatable bonds is 7. The van der Waals surface area contributed by atoms with Gasteiger partial charge < -0.3 is 10.1 Å². The van der Waals surface area contributed by atoms with Crippen LogP contribution in [0.3, 0.4) is 0 Å². The Labute approximate surface area is 101 Å². The van der Waals surface area contributed by atoms with E-state index in [1.165, 1.54) is 5.56 Å². The number of alkyl halides is 2. The van der Waals surface area contributed by atoms with E-state index in [4.69, 9.17) is 4.74 Å². The number of hydrogen-bond donors (Lipinski definition) is 1. The minimum absolute atomic E-state index is 0.103. The first-order valence-electron chi connectivity index (χ1n) is 5.76. The molecule has 0 aliphatic rings. The Morgan fingerprint density at radius 3 is 2.41 bits per heavy atom. The molecule has 1 aromatic carbocycles. The maximum absolute atomic E-state index is 12.0. The van der Waals surface area contributed by atoms with Crippen LogP contribution in [0.25, 0.3) is 0 Å². The molecule has 0 fully saturated rings. The van der Waals surface area contributed by atoms with Gasteiger partial charge in [-0.2, -0.15) is 0 Å². The van der Waals surface area contributed by atoms with Gasteiger partial charge in [-0.3, -0.25) is 0 Å². The van der Waals surface area contributed by atoms with E-state index in [-0.39, 0.29) is 12.6 Å². The highest BCUT2D eigenvalue weighted by Gasteiger charge is 2.06. The molecular weight excluding hydrogens is 224 g/mol. The van der Waals surface area contributed by atoms with Crippen molar-refractivity contribution in [3.63, 3.8) is 0 Å². The van der Waals surface area contributed by atoms with Crippen molar-refractivity contribution in [1.82, 2.24) is 5.32 Å². The van der Waals surface area contributed by atoms with Crippen molar-refractivity contribution in [1.29, 1.82) is 0 Å². The van der Waals surface area contributed by atoms with E-state index >= 15 is 0 Å². The Morgan fingerprint density at radius 1 is 1.24 bits per heavy atom. The van der Waals surface area contributed by atoms with Gasteiger partial charge >= 0.3 is 0 Å². The summed E-state index contributed by atoms with van der Waals surface area (Å²) < 4.78 is 29.0. The Kier molecular flexibility index (Phi) is 5.91. The summed E-state index contributed by atoms with van der Waals surface area (Å²) in [6, 6.07) is 7.92. The molecule has 0 aromatic heterocycles. The van der Waals surface area contributed by atoms with Crippen LogP contribution in [0.15, 0.2) is 24.3 Å². The molecule has 0 saturated heterocycles. The summed E-state index contributed by atoms with van der Waals surface area (Å²) in [6.07, 6.45) is -0.557. The van der Waals surface area contributed by atoms with Gasteiger partial charge in [0.15, 0.2) is 0 Å². The van der Waals surface area contributed by atoms with E-state index in [1.54, 1.807) is 7.11 Å². The van der Waals surface area contributed by atoms with Crippen LogP contribution in [0.5, 0.6) is 5.75 Å². The quantitative estimate of drug-likeness (QED) is 0.795. The predicted molar refractivity (Wildman–Crippen MR) is 64.8 cm³/mol. The zero-order valence-corrected chi connectivity index (χ0v) is 10.2. The second kappa shape index (κ2) is 7.22. The number of ether oxygens (including phenoxy) is 1. The minimum Gasteiger partial charge on any atom is -0.497 e. The molecule has 0 radical (unpaired) electrons. The average molecular weight is 243 g/mol. The normalized spacial score (nSPS) is 12.8. The van der Waals surface area contributed by atoms with Crippen LogP contribution in [0.1, 0.15) is 18.9 Å². The molecule has 0 spiro atoms. The van der Waals surface area contributed by atoms with Crippen LogP contribution >= 0.6 is 0 Å². The molecule has 1 aromatic rings. The number of halogens is 2. The first-order valence-corrected chi connectivity index (χ1v) is 5.76. The molecule has 96 valence electrons. The second-order valence-electron chi connectivity index (χ2n) is 4.09. The number of methoxy groups -OCH3 is 1. The highest BCUT2D eigenvalue weighted by atomic mass is 19.3. The summed E-state index contributed by atoms with van der Waals surface area (Å²) in [4.78, 5) is 0. The molecule has 1 unspecified atom stereocenters. The molecule has 0 aliphatic carbocycles. The minimum atomic E-state index is -2.28. The van der Waals surface area contributed by atoms with Crippen LogP contribution in [0.2, 0.25) is 0 Å². The van der Waals surface area contributed by atoms with E-state index in [0.29, 0.717) is 0 Å². The van der Waals surface area contributed by atoms with Crippen molar-refractivity contribution in [2.75, 3.05) is 13.7 Å². The van der Waals surface area contributed by atoms with Crippen molar-refractivity contribution in [2.45, 2.75) is 32.2 Å². The third kappa shape index (κ3) is 5.63. The van der Waals surface area contributed by atoms with Gasteiger partial charge in [0, 0.05) is 6.04 Å². The van der Waals surface area contributed by atoms with Crippen LogP contribution in [0.4, 0.5) is 8.78 Å². The lowest BCUT2D eigenvalue weighted by molar-refractivity contribution is 0.141. The number of nitrogens with one attached hydrogen (secondary N) is 1. The maximum Gasteiger partial charge on any atom is 0.250 e. The second-order valence-corrected chi connectivity index (χ2v) is 4.09. The Hall–Kier alpha value is -1.16. The van der Waals surface area contributed by atoms with E-state index in [0.717, 1.165) is 18.6 Å². The fourth-order valence-electron chi connectivity index (χ4n) is 1.57. The average Bonchev–Trinajstić information content (AvgIpc) is 2.34. The molecule has 0 heterocycles. The molecule has 1 N–H and O–H groups in total. The zero-order chi connectivity index (χ0) is 12.7. The summed E-state index contributed by atoms with van der Waals surface area (Å²) >= 11 is 0. The van der Waals surface area contributed by atoms with E-state index in [2.05, 4.69) is 5.32 Å². The topological polar surface area (TPSA) is 21.3 Å². The molecule has 1 rings (SSSR count). The van der Waals surface area contributed by atoms with Gasteiger partial charge in [0.05, 0.1) is 13.7 Å². The van der Waals surface area contributed by atoms with Crippen molar-refractivity contribution in [3.8, 4) is 5.75 Å². The monoisotopic (exact) mass is 243 g/mol. The van der Waals surface area contributed by atoms with Crippen LogP contribution < -0.4 is 10.1 Å². The van der Waals surface area contributed by atoms with Crippen molar-refractivity contribution >= 4 is 0 Å². The van der Waals surface area contributed by atoms with Crippen molar-refractivity contribution in [3.05, 3.63) is 29.8 Å². The number of hydrogen-bond acceptors (Lipinski definition) is 2. The van der Waals surface area contributed by atoms with Gasteiger partial charge in [0.1, 0.15) is 5.75 Å². The summed E-state index contributed by atoms with van der Waals surface area (Å²) in [5, 5.41) is 2.80. The molecule has 0 aliphatic heterocycles. The van der Waals surface area contributed by atoms with E-state index in [9.17, 15) is 8.78 Å². The Bertz CT molecular complexity index is 314. The van der Waals surface area contributed by atoms with E-state index in [1.807, 2.05) is 31.2 Å². The fraction of sp³-hybridized carbons (Fsp3) is 0.538. The van der Waals surface area contributed by atoms with Gasteiger partial charge in [0.2, 0.25) is 0 Å². The first-order chi connectivity index (χ1) is 8.11. The molecule has 17 heavy (non-hydrogen) atoms. The molecule has 0 bridgehead atoms. The largest absolute Gasteiger partial charge is 0.497 e. The van der Waals surface area contributed by atoms with Crippen LogP contribution in [0, 0.1) is 0 Å². The molecule has 0 amide bonds. The fourth-order valence-corrected chi connectivity index (χ4v) is 1.57. The third-order valence-corrected chi connectivity index (χ3v) is 2.65. The Balaban J connectivity index is 2.29. The molecule has 2 nitrogen and oxygen atoms in total. The lowest BCUT2D eigenvalue weighted by Gasteiger charge is -2.13. The molecule has 1 atom stereocenters. The third-order valence-electron chi connectivity index (χ3n) is 2.65. The number of aryl methyl sites for hydroxylation is 1. The number of benzene rings is 1. The summed E-state index contributed by atoms with van der Waals surface area (Å²) in [6.45, 7) is 1.69. The Morgan fingerprint density at radius 2 is 1.88 bits per heavy atom. The van der Waals surface area contributed by atoms with Crippen LogP contribution in [-0.2, 0) is 6.42 Å². The van der Waals surface area contributed by atoms with Gasteiger partial charge in [-0.1, -0.05) is 12.1 Å². The molecule has 4 heteroatoms. The smallest absolute Gasteiger partial charge is 0.250 e.